The molecule has 0 aliphatic carbocycles. The summed E-state index contributed by atoms with van der Waals surface area (Å²) in [5, 5.41) is 0. The van der Waals surface area contributed by atoms with Gasteiger partial charge in [-0.2, -0.15) is 0 Å². The van der Waals surface area contributed by atoms with Crippen molar-refractivity contribution >= 4 is 10.0 Å². The van der Waals surface area contributed by atoms with E-state index in [1.165, 1.54) is 4.31 Å². The van der Waals surface area contributed by atoms with E-state index < -0.39 is 10.0 Å². The molecular weight excluding hydrogens is 222 g/mol. The summed E-state index contributed by atoms with van der Waals surface area (Å²) in [7, 11) is -3.09. The van der Waals surface area contributed by atoms with Crippen LogP contribution in [0, 0.1) is 0 Å². The molecule has 0 unspecified atom stereocenters. The molecule has 0 saturated heterocycles. The van der Waals surface area contributed by atoms with Gasteiger partial charge < -0.3 is 0 Å². The first-order valence-electron chi connectivity index (χ1n) is 5.62. The van der Waals surface area contributed by atoms with Crippen molar-refractivity contribution in [2.75, 3.05) is 18.8 Å². The summed E-state index contributed by atoms with van der Waals surface area (Å²) < 4.78 is 25.3. The Bertz CT molecular complexity index is 396. The Morgan fingerprint density at radius 2 is 1.62 bits per heavy atom. The Kier molecular flexibility index (Phi) is 4.96. The van der Waals surface area contributed by atoms with Crippen LogP contribution in [-0.4, -0.2) is 31.6 Å². The molecular formula is C12H19NO2S. The van der Waals surface area contributed by atoms with E-state index in [-0.39, 0.29) is 5.75 Å². The number of rotatable bonds is 6. The molecule has 1 rings (SSSR count). The van der Waals surface area contributed by atoms with E-state index in [1.54, 1.807) is 0 Å². The van der Waals surface area contributed by atoms with E-state index in [2.05, 4.69) is 0 Å². The van der Waals surface area contributed by atoms with E-state index in [0.717, 1.165) is 5.56 Å². The summed E-state index contributed by atoms with van der Waals surface area (Å²) in [6, 6.07) is 9.70. The predicted molar refractivity (Wildman–Crippen MR) is 66.9 cm³/mol. The van der Waals surface area contributed by atoms with Crippen LogP contribution in [0.4, 0.5) is 0 Å². The Hall–Kier alpha value is -0.870. The lowest BCUT2D eigenvalue weighted by Gasteiger charge is -2.18. The summed E-state index contributed by atoms with van der Waals surface area (Å²) in [5.41, 5.74) is 1.07. The first kappa shape index (κ1) is 13.2. The van der Waals surface area contributed by atoms with Gasteiger partial charge in [0.25, 0.3) is 0 Å². The molecule has 4 heteroatoms. The summed E-state index contributed by atoms with van der Waals surface area (Å²) in [6.07, 6.45) is 0.583. The highest BCUT2D eigenvalue weighted by atomic mass is 32.2. The summed E-state index contributed by atoms with van der Waals surface area (Å²) in [5.74, 6) is 0.193. The van der Waals surface area contributed by atoms with Crippen molar-refractivity contribution in [3.8, 4) is 0 Å². The lowest BCUT2D eigenvalue weighted by atomic mass is 10.2. The molecule has 0 fully saturated rings. The van der Waals surface area contributed by atoms with Gasteiger partial charge in [0, 0.05) is 13.1 Å². The smallest absolute Gasteiger partial charge is 0.212 e. The third-order valence-corrected chi connectivity index (χ3v) is 4.61. The maximum Gasteiger partial charge on any atom is 0.214 e. The maximum atomic E-state index is 11.9. The van der Waals surface area contributed by atoms with Crippen molar-refractivity contribution in [3.63, 3.8) is 0 Å². The van der Waals surface area contributed by atoms with Crippen molar-refractivity contribution in [1.29, 1.82) is 0 Å². The number of hydrogen-bond acceptors (Lipinski definition) is 2. The third-order valence-electron chi connectivity index (χ3n) is 2.59. The number of nitrogens with zero attached hydrogens (tertiary/aromatic N) is 1. The number of sulfonamides is 1. The molecule has 0 amide bonds. The van der Waals surface area contributed by atoms with Gasteiger partial charge in [-0.25, -0.2) is 12.7 Å². The van der Waals surface area contributed by atoms with Crippen LogP contribution in [0.3, 0.4) is 0 Å². The highest BCUT2D eigenvalue weighted by Gasteiger charge is 2.17. The molecule has 0 aliphatic rings. The second-order valence-corrected chi connectivity index (χ2v) is 5.72. The molecule has 0 bridgehead atoms. The molecule has 0 radical (unpaired) electrons. The maximum absolute atomic E-state index is 11.9. The van der Waals surface area contributed by atoms with Crippen LogP contribution >= 0.6 is 0 Å². The monoisotopic (exact) mass is 241 g/mol. The largest absolute Gasteiger partial charge is 0.214 e. The average molecular weight is 241 g/mol. The van der Waals surface area contributed by atoms with Gasteiger partial charge in [-0.1, -0.05) is 44.2 Å². The fourth-order valence-corrected chi connectivity index (χ4v) is 3.18. The van der Waals surface area contributed by atoms with Gasteiger partial charge in [0.05, 0.1) is 5.75 Å². The van der Waals surface area contributed by atoms with E-state index in [4.69, 9.17) is 0 Å². The molecule has 0 aliphatic heterocycles. The molecule has 0 heterocycles. The van der Waals surface area contributed by atoms with E-state index >= 15 is 0 Å². The van der Waals surface area contributed by atoms with Gasteiger partial charge in [-0.3, -0.25) is 0 Å². The number of benzene rings is 1. The van der Waals surface area contributed by atoms with Crippen molar-refractivity contribution in [1.82, 2.24) is 4.31 Å². The Morgan fingerprint density at radius 3 is 2.12 bits per heavy atom. The molecule has 16 heavy (non-hydrogen) atoms. The zero-order valence-electron chi connectivity index (χ0n) is 9.89. The highest BCUT2D eigenvalue weighted by Crippen LogP contribution is 2.06. The van der Waals surface area contributed by atoms with Crippen LogP contribution in [-0.2, 0) is 16.4 Å². The molecule has 1 aromatic rings. The Labute approximate surface area is 98.1 Å². The zero-order valence-corrected chi connectivity index (χ0v) is 10.7. The van der Waals surface area contributed by atoms with Crippen molar-refractivity contribution in [2.24, 2.45) is 0 Å². The summed E-state index contributed by atoms with van der Waals surface area (Å²) in [4.78, 5) is 0. The number of hydrogen-bond donors (Lipinski definition) is 0. The van der Waals surface area contributed by atoms with Crippen molar-refractivity contribution in [2.45, 2.75) is 20.3 Å². The van der Waals surface area contributed by atoms with Gasteiger partial charge in [0.15, 0.2) is 0 Å². The lowest BCUT2D eigenvalue weighted by Crippen LogP contribution is -2.33. The predicted octanol–water partition coefficient (Wildman–Crippen LogP) is 1.90. The van der Waals surface area contributed by atoms with Crippen molar-refractivity contribution < 1.29 is 8.42 Å². The van der Waals surface area contributed by atoms with Crippen LogP contribution in [0.1, 0.15) is 19.4 Å². The van der Waals surface area contributed by atoms with Crippen LogP contribution in [0.15, 0.2) is 30.3 Å². The third kappa shape index (κ3) is 3.61. The number of aryl methyl sites for hydroxylation is 1. The molecule has 0 atom stereocenters. The molecule has 90 valence electrons. The van der Waals surface area contributed by atoms with E-state index in [9.17, 15) is 8.42 Å². The molecule has 1 aromatic carbocycles. The minimum Gasteiger partial charge on any atom is -0.212 e. The van der Waals surface area contributed by atoms with Gasteiger partial charge in [0.1, 0.15) is 0 Å². The van der Waals surface area contributed by atoms with Gasteiger partial charge >= 0.3 is 0 Å². The molecule has 0 aromatic heterocycles. The van der Waals surface area contributed by atoms with E-state index in [0.29, 0.717) is 19.5 Å². The topological polar surface area (TPSA) is 37.4 Å². The van der Waals surface area contributed by atoms with Crippen LogP contribution < -0.4 is 0 Å². The first-order chi connectivity index (χ1) is 7.60. The minimum absolute atomic E-state index is 0.193. The van der Waals surface area contributed by atoms with Crippen LogP contribution in [0.5, 0.6) is 0 Å². The van der Waals surface area contributed by atoms with Gasteiger partial charge in [-0.05, 0) is 12.0 Å². The van der Waals surface area contributed by atoms with Crippen LogP contribution in [0.25, 0.3) is 0 Å². The fourth-order valence-electron chi connectivity index (χ4n) is 1.64. The van der Waals surface area contributed by atoms with Crippen LogP contribution in [0.2, 0.25) is 0 Å². The quantitative estimate of drug-likeness (QED) is 0.763. The first-order valence-corrected chi connectivity index (χ1v) is 7.22. The van der Waals surface area contributed by atoms with E-state index in [1.807, 2.05) is 44.2 Å². The Morgan fingerprint density at radius 1 is 1.06 bits per heavy atom. The summed E-state index contributed by atoms with van der Waals surface area (Å²) in [6.45, 7) is 4.83. The standard InChI is InChI=1S/C12H19NO2S/c1-3-13(4-2)16(14,15)11-10-12-8-6-5-7-9-12/h5-9H,3-4,10-11H2,1-2H3. The fraction of sp³-hybridized carbons (Fsp3) is 0.500. The van der Waals surface area contributed by atoms with Gasteiger partial charge in [-0.15, -0.1) is 0 Å². The minimum atomic E-state index is -3.09. The highest BCUT2D eigenvalue weighted by molar-refractivity contribution is 7.89. The Balaban J connectivity index is 2.61. The average Bonchev–Trinajstić information content (AvgIpc) is 2.29. The SMILES string of the molecule is CCN(CC)S(=O)(=O)CCc1ccccc1. The second-order valence-electron chi connectivity index (χ2n) is 3.64. The zero-order chi connectivity index (χ0) is 12.0. The molecule has 0 N–H and O–H groups in total. The normalized spacial score (nSPS) is 11.9. The lowest BCUT2D eigenvalue weighted by molar-refractivity contribution is 0.445. The molecule has 0 spiro atoms. The summed E-state index contributed by atoms with van der Waals surface area (Å²) >= 11 is 0. The van der Waals surface area contributed by atoms with Crippen molar-refractivity contribution in [3.05, 3.63) is 35.9 Å². The van der Waals surface area contributed by atoms with Gasteiger partial charge in [0.2, 0.25) is 10.0 Å². The second kappa shape index (κ2) is 6.01. The molecule has 3 nitrogen and oxygen atoms in total. The molecule has 0 saturated carbocycles.